The number of benzene rings is 1. The van der Waals surface area contributed by atoms with Crippen LogP contribution in [0.15, 0.2) is 29.4 Å². The highest BCUT2D eigenvalue weighted by Gasteiger charge is 2.16. The number of carbonyl (C=O) groups excluding carboxylic acids is 1. The van der Waals surface area contributed by atoms with Gasteiger partial charge in [0.05, 0.1) is 18.6 Å². The van der Waals surface area contributed by atoms with Crippen LogP contribution in [0.5, 0.6) is 5.75 Å². The van der Waals surface area contributed by atoms with Gasteiger partial charge in [0.2, 0.25) is 0 Å². The van der Waals surface area contributed by atoms with Crippen LogP contribution < -0.4 is 9.84 Å². The molecule has 20 heavy (non-hydrogen) atoms. The molecule has 6 nitrogen and oxygen atoms in total. The van der Waals surface area contributed by atoms with E-state index >= 15 is 0 Å². The van der Waals surface area contributed by atoms with Crippen LogP contribution >= 0.6 is 11.8 Å². The first-order valence-corrected chi connectivity index (χ1v) is 6.83. The number of hydrogen-bond donors (Lipinski definition) is 0. The lowest BCUT2D eigenvalue weighted by Crippen LogP contribution is -2.31. The number of carboxylic acids is 1. The van der Waals surface area contributed by atoms with E-state index in [0.717, 1.165) is 17.3 Å². The molecule has 1 aromatic carbocycles. The molecule has 0 aliphatic heterocycles. The van der Waals surface area contributed by atoms with E-state index in [4.69, 9.17) is 4.74 Å². The Morgan fingerprint density at radius 1 is 1.40 bits per heavy atom. The van der Waals surface area contributed by atoms with Gasteiger partial charge in [-0.1, -0.05) is 23.9 Å². The molecule has 1 heterocycles. The van der Waals surface area contributed by atoms with E-state index in [1.807, 2.05) is 24.3 Å². The third-order valence-electron chi connectivity index (χ3n) is 2.80. The second-order valence-corrected chi connectivity index (χ2v) is 5.45. The molecule has 0 saturated carbocycles. The highest BCUT2D eigenvalue weighted by Crippen LogP contribution is 2.30. The maximum Gasteiger partial charge on any atom is 0.191 e. The molecule has 0 aliphatic rings. The molecule has 2 aromatic rings. The quantitative estimate of drug-likeness (QED) is 0.755. The molecule has 0 unspecified atom stereocenters. The Morgan fingerprint density at radius 3 is 2.75 bits per heavy atom. The molecule has 0 aliphatic carbocycles. The minimum Gasteiger partial charge on any atom is -0.549 e. The van der Waals surface area contributed by atoms with Crippen molar-refractivity contribution in [2.45, 2.75) is 17.3 Å². The van der Waals surface area contributed by atoms with E-state index in [2.05, 4.69) is 10.2 Å². The lowest BCUT2D eigenvalue weighted by atomic mass is 10.2. The molecule has 0 spiro atoms. The second kappa shape index (κ2) is 5.96. The highest BCUT2D eigenvalue weighted by atomic mass is 32.2. The summed E-state index contributed by atoms with van der Waals surface area (Å²) in [4.78, 5) is 10.8. The first-order chi connectivity index (χ1) is 9.54. The van der Waals surface area contributed by atoms with E-state index in [1.165, 1.54) is 0 Å². The largest absolute Gasteiger partial charge is 0.549 e. The van der Waals surface area contributed by atoms with Gasteiger partial charge in [-0.3, -0.25) is 0 Å². The van der Waals surface area contributed by atoms with E-state index in [0.29, 0.717) is 16.7 Å². The van der Waals surface area contributed by atoms with Crippen molar-refractivity contribution < 1.29 is 14.6 Å². The van der Waals surface area contributed by atoms with Gasteiger partial charge in [-0.15, -0.1) is 10.2 Å². The molecule has 0 fully saturated rings. The molecule has 7 heteroatoms. The summed E-state index contributed by atoms with van der Waals surface area (Å²) in [5.41, 5.74) is 0.804. The van der Waals surface area contributed by atoms with Gasteiger partial charge in [-0.2, -0.15) is 0 Å². The summed E-state index contributed by atoms with van der Waals surface area (Å²) in [5.74, 6) is 0.180. The second-order valence-electron chi connectivity index (χ2n) is 4.14. The van der Waals surface area contributed by atoms with Crippen LogP contribution in [0, 0.1) is 0 Å². The maximum absolute atomic E-state index is 10.8. The number of para-hydroxylation sites is 1. The molecule has 0 saturated heterocycles. The lowest BCUT2D eigenvalue weighted by molar-refractivity contribution is -0.304. The standard InChI is InChI=1S/C13H15N3O3S/c1-8(12(17)18)20-13-15-14-11(16(13)2)9-6-4-5-7-10(9)19-3/h4-8H,1-3H3,(H,17,18)/p-1/t8-/m0/s1. The first kappa shape index (κ1) is 14.4. The van der Waals surface area contributed by atoms with Crippen LogP contribution in [-0.2, 0) is 11.8 Å². The third-order valence-corrected chi connectivity index (χ3v) is 3.91. The monoisotopic (exact) mass is 292 g/mol. The third kappa shape index (κ3) is 2.77. The number of thioether (sulfide) groups is 1. The number of nitrogens with zero attached hydrogens (tertiary/aromatic N) is 3. The zero-order valence-corrected chi connectivity index (χ0v) is 12.2. The Morgan fingerprint density at radius 2 is 2.10 bits per heavy atom. The summed E-state index contributed by atoms with van der Waals surface area (Å²) in [5, 5.41) is 18.7. The van der Waals surface area contributed by atoms with Gasteiger partial charge in [0.25, 0.3) is 0 Å². The normalized spacial score (nSPS) is 12.2. The summed E-state index contributed by atoms with van der Waals surface area (Å²) in [6, 6.07) is 7.45. The fraction of sp³-hybridized carbons (Fsp3) is 0.308. The van der Waals surface area contributed by atoms with Crippen LogP contribution in [0.2, 0.25) is 0 Å². The summed E-state index contributed by atoms with van der Waals surface area (Å²) in [6.45, 7) is 1.55. The summed E-state index contributed by atoms with van der Waals surface area (Å²) < 4.78 is 7.03. The molecular formula is C13H14N3O3S-. The Hall–Kier alpha value is -2.02. The van der Waals surface area contributed by atoms with Crippen molar-refractivity contribution >= 4 is 17.7 Å². The lowest BCUT2D eigenvalue weighted by Gasteiger charge is -2.11. The fourth-order valence-electron chi connectivity index (χ4n) is 1.69. The van der Waals surface area contributed by atoms with Gasteiger partial charge in [0.15, 0.2) is 11.0 Å². The number of ether oxygens (including phenoxy) is 1. The predicted molar refractivity (Wildman–Crippen MR) is 73.3 cm³/mol. The minimum atomic E-state index is -1.13. The van der Waals surface area contributed by atoms with E-state index in [-0.39, 0.29) is 0 Å². The average molecular weight is 292 g/mol. The number of carboxylic acid groups (broad SMARTS) is 1. The number of hydrogen-bond acceptors (Lipinski definition) is 6. The number of methoxy groups -OCH3 is 1. The zero-order valence-electron chi connectivity index (χ0n) is 11.4. The number of carbonyl (C=O) groups is 1. The van der Waals surface area contributed by atoms with Gasteiger partial charge in [-0.25, -0.2) is 0 Å². The first-order valence-electron chi connectivity index (χ1n) is 5.95. The Bertz CT molecular complexity index is 627. The summed E-state index contributed by atoms with van der Waals surface area (Å²) in [6.07, 6.45) is 0. The smallest absolute Gasteiger partial charge is 0.191 e. The van der Waals surface area contributed by atoms with Gasteiger partial charge in [-0.05, 0) is 19.1 Å². The fourth-order valence-corrected chi connectivity index (χ4v) is 2.43. The van der Waals surface area contributed by atoms with Gasteiger partial charge in [0.1, 0.15) is 5.75 Å². The van der Waals surface area contributed by atoms with Crippen LogP contribution in [0.25, 0.3) is 11.4 Å². The minimum absolute atomic E-state index is 0.516. The number of aliphatic carboxylic acids is 1. The van der Waals surface area contributed by atoms with Crippen LogP contribution in [0.4, 0.5) is 0 Å². The molecule has 1 atom stereocenters. The summed E-state index contributed by atoms with van der Waals surface area (Å²) >= 11 is 1.09. The molecule has 2 rings (SSSR count). The number of rotatable bonds is 5. The van der Waals surface area contributed by atoms with Crippen molar-refractivity contribution in [2.24, 2.45) is 7.05 Å². The highest BCUT2D eigenvalue weighted by molar-refractivity contribution is 8.00. The molecule has 0 bridgehead atoms. The Labute approximate surface area is 120 Å². The van der Waals surface area contributed by atoms with Crippen LogP contribution in [-0.4, -0.2) is 33.1 Å². The molecule has 0 radical (unpaired) electrons. The molecule has 106 valence electrons. The van der Waals surface area contributed by atoms with Crippen molar-refractivity contribution in [1.29, 1.82) is 0 Å². The van der Waals surface area contributed by atoms with E-state index < -0.39 is 11.2 Å². The van der Waals surface area contributed by atoms with Crippen LogP contribution in [0.3, 0.4) is 0 Å². The van der Waals surface area contributed by atoms with Crippen molar-refractivity contribution in [1.82, 2.24) is 14.8 Å². The topological polar surface area (TPSA) is 80.1 Å². The van der Waals surface area contributed by atoms with Crippen molar-refractivity contribution in [3.8, 4) is 17.1 Å². The molecule has 0 amide bonds. The maximum atomic E-state index is 10.8. The van der Waals surface area contributed by atoms with Gasteiger partial charge >= 0.3 is 0 Å². The van der Waals surface area contributed by atoms with E-state index in [9.17, 15) is 9.90 Å². The zero-order chi connectivity index (χ0) is 14.7. The molecular weight excluding hydrogens is 278 g/mol. The van der Waals surface area contributed by atoms with Crippen LogP contribution in [0.1, 0.15) is 6.92 Å². The van der Waals surface area contributed by atoms with Crippen molar-refractivity contribution in [3.05, 3.63) is 24.3 Å². The molecule has 1 aromatic heterocycles. The van der Waals surface area contributed by atoms with Gasteiger partial charge < -0.3 is 19.2 Å². The Kier molecular flexibility index (Phi) is 4.29. The van der Waals surface area contributed by atoms with E-state index in [1.54, 1.807) is 25.6 Å². The van der Waals surface area contributed by atoms with Crippen molar-refractivity contribution in [3.63, 3.8) is 0 Å². The van der Waals surface area contributed by atoms with Gasteiger partial charge in [0, 0.05) is 12.3 Å². The SMILES string of the molecule is COc1ccccc1-c1nnc(S[C@@H](C)C(=O)[O-])n1C. The Balaban J connectivity index is 2.36. The summed E-state index contributed by atoms with van der Waals surface area (Å²) in [7, 11) is 3.37. The van der Waals surface area contributed by atoms with Crippen molar-refractivity contribution in [2.75, 3.05) is 7.11 Å². The number of aromatic nitrogens is 3. The predicted octanol–water partition coefficient (Wildman–Crippen LogP) is 0.721. The average Bonchev–Trinajstić information content (AvgIpc) is 2.80. The molecule has 0 N–H and O–H groups in total.